The fourth-order valence-electron chi connectivity index (χ4n) is 2.47. The number of carbonyl (C=O) groups is 1. The molecule has 0 saturated carbocycles. The average molecular weight is 435 g/mol. The molecule has 3 aromatic rings. The molecule has 0 aliphatic carbocycles. The van der Waals surface area contributed by atoms with E-state index >= 15 is 0 Å². The number of nitrogens with one attached hydrogen (secondary N) is 2. The highest BCUT2D eigenvalue weighted by Gasteiger charge is 2.16. The summed E-state index contributed by atoms with van der Waals surface area (Å²) in [4.78, 5) is 12.3. The first kappa shape index (κ1) is 20.2. The molecular formula is C20H16Cl2N2O3S. The van der Waals surface area contributed by atoms with E-state index in [-0.39, 0.29) is 10.8 Å². The third-order valence-corrected chi connectivity index (χ3v) is 5.93. The van der Waals surface area contributed by atoms with Crippen molar-refractivity contribution >= 4 is 50.5 Å². The highest BCUT2D eigenvalue weighted by molar-refractivity contribution is 7.92. The molecule has 0 atom stereocenters. The first-order chi connectivity index (χ1) is 13.3. The van der Waals surface area contributed by atoms with Crippen molar-refractivity contribution in [3.63, 3.8) is 0 Å². The summed E-state index contributed by atoms with van der Waals surface area (Å²) in [6, 6.07) is 17.5. The summed E-state index contributed by atoms with van der Waals surface area (Å²) in [6.45, 7) is 1.78. The summed E-state index contributed by atoms with van der Waals surface area (Å²) in [7, 11) is -3.80. The molecule has 2 N–H and O–H groups in total. The molecule has 3 rings (SSSR count). The van der Waals surface area contributed by atoms with E-state index in [1.807, 2.05) is 0 Å². The molecule has 0 aliphatic rings. The first-order valence-electron chi connectivity index (χ1n) is 8.21. The third-order valence-electron chi connectivity index (χ3n) is 3.98. The number of rotatable bonds is 5. The van der Waals surface area contributed by atoms with Crippen molar-refractivity contribution in [2.45, 2.75) is 11.8 Å². The molecule has 0 spiro atoms. The van der Waals surface area contributed by atoms with E-state index in [0.29, 0.717) is 27.0 Å². The van der Waals surface area contributed by atoms with Crippen molar-refractivity contribution < 1.29 is 13.2 Å². The molecule has 8 heteroatoms. The van der Waals surface area contributed by atoms with E-state index in [2.05, 4.69) is 10.0 Å². The van der Waals surface area contributed by atoms with Gasteiger partial charge in [0, 0.05) is 10.7 Å². The van der Waals surface area contributed by atoms with E-state index in [1.54, 1.807) is 49.4 Å². The van der Waals surface area contributed by atoms with Crippen molar-refractivity contribution in [3.8, 4) is 0 Å². The number of anilines is 2. The molecule has 0 aromatic heterocycles. The van der Waals surface area contributed by atoms with Crippen molar-refractivity contribution in [1.82, 2.24) is 0 Å². The van der Waals surface area contributed by atoms with Gasteiger partial charge in [0.25, 0.3) is 15.9 Å². The van der Waals surface area contributed by atoms with E-state index < -0.39 is 10.0 Å². The lowest BCUT2D eigenvalue weighted by molar-refractivity contribution is 0.102. The van der Waals surface area contributed by atoms with Gasteiger partial charge in [-0.1, -0.05) is 41.4 Å². The van der Waals surface area contributed by atoms with Crippen LogP contribution in [-0.2, 0) is 10.0 Å². The molecule has 3 aromatic carbocycles. The number of sulfonamides is 1. The molecule has 0 bridgehead atoms. The molecule has 0 radical (unpaired) electrons. The molecule has 0 saturated heterocycles. The van der Waals surface area contributed by atoms with Gasteiger partial charge in [-0.15, -0.1) is 0 Å². The molecule has 5 nitrogen and oxygen atoms in total. The number of carbonyl (C=O) groups excluding carboxylic acids is 1. The maximum atomic E-state index is 12.6. The van der Waals surface area contributed by atoms with Crippen molar-refractivity contribution in [3.05, 3.63) is 87.9 Å². The van der Waals surface area contributed by atoms with E-state index in [4.69, 9.17) is 23.2 Å². The van der Waals surface area contributed by atoms with Gasteiger partial charge >= 0.3 is 0 Å². The summed E-state index contributed by atoms with van der Waals surface area (Å²) in [5, 5.41) is 3.45. The molecular weight excluding hydrogens is 419 g/mol. The van der Waals surface area contributed by atoms with E-state index in [0.717, 1.165) is 5.56 Å². The van der Waals surface area contributed by atoms with Gasteiger partial charge in [0.1, 0.15) is 0 Å². The first-order valence-corrected chi connectivity index (χ1v) is 10.4. The van der Waals surface area contributed by atoms with Gasteiger partial charge in [0.05, 0.1) is 21.2 Å². The van der Waals surface area contributed by atoms with Crippen LogP contribution in [0.1, 0.15) is 15.9 Å². The van der Waals surface area contributed by atoms with Crippen molar-refractivity contribution in [2.24, 2.45) is 0 Å². The molecule has 0 fully saturated rings. The molecule has 0 unspecified atom stereocenters. The van der Waals surface area contributed by atoms with Crippen LogP contribution >= 0.6 is 23.2 Å². The van der Waals surface area contributed by atoms with Gasteiger partial charge in [-0.3, -0.25) is 9.52 Å². The van der Waals surface area contributed by atoms with Crippen LogP contribution in [0.4, 0.5) is 11.4 Å². The van der Waals surface area contributed by atoms with Crippen LogP contribution in [0.25, 0.3) is 0 Å². The van der Waals surface area contributed by atoms with Crippen LogP contribution in [0, 0.1) is 6.92 Å². The van der Waals surface area contributed by atoms with Gasteiger partial charge in [-0.25, -0.2) is 8.42 Å². The Morgan fingerprint density at radius 1 is 0.929 bits per heavy atom. The lowest BCUT2D eigenvalue weighted by Gasteiger charge is -2.12. The minimum atomic E-state index is -3.80. The number of amides is 1. The van der Waals surface area contributed by atoms with Crippen LogP contribution in [0.5, 0.6) is 0 Å². The van der Waals surface area contributed by atoms with E-state index in [1.165, 1.54) is 24.3 Å². The minimum Gasteiger partial charge on any atom is -0.322 e. The Balaban J connectivity index is 1.77. The van der Waals surface area contributed by atoms with Crippen LogP contribution < -0.4 is 10.0 Å². The monoisotopic (exact) mass is 434 g/mol. The topological polar surface area (TPSA) is 75.3 Å². The third kappa shape index (κ3) is 4.65. The summed E-state index contributed by atoms with van der Waals surface area (Å²) in [6.07, 6.45) is 0. The lowest BCUT2D eigenvalue weighted by atomic mass is 10.2. The van der Waals surface area contributed by atoms with Gasteiger partial charge in [-0.2, -0.15) is 0 Å². The second-order valence-electron chi connectivity index (χ2n) is 6.02. The zero-order valence-electron chi connectivity index (χ0n) is 14.7. The van der Waals surface area contributed by atoms with Crippen LogP contribution in [0.3, 0.4) is 0 Å². The molecule has 1 amide bonds. The normalized spacial score (nSPS) is 11.1. The highest BCUT2D eigenvalue weighted by atomic mass is 35.5. The average Bonchev–Trinajstić information content (AvgIpc) is 2.65. The maximum absolute atomic E-state index is 12.6. The Hall–Kier alpha value is -2.54. The van der Waals surface area contributed by atoms with Crippen molar-refractivity contribution in [2.75, 3.05) is 10.0 Å². The second kappa shape index (κ2) is 8.22. The summed E-state index contributed by atoms with van der Waals surface area (Å²) >= 11 is 12.0. The second-order valence-corrected chi connectivity index (χ2v) is 8.55. The Kier molecular flexibility index (Phi) is 5.93. The number of hydrogen-bond donors (Lipinski definition) is 2. The standard InChI is InChI=1S/C20H16Cl2N2O3S/c1-13-6-7-14(21)12-19(13)24-28(26,27)16-10-8-15(9-11-16)23-20(25)17-4-2-3-5-18(17)22/h2-12,24H,1H3,(H,23,25). The van der Waals surface area contributed by atoms with E-state index in [9.17, 15) is 13.2 Å². The number of halogens is 2. The van der Waals surface area contributed by atoms with Crippen LogP contribution in [-0.4, -0.2) is 14.3 Å². The van der Waals surface area contributed by atoms with Gasteiger partial charge in [-0.05, 0) is 61.0 Å². The maximum Gasteiger partial charge on any atom is 0.261 e. The summed E-state index contributed by atoms with van der Waals surface area (Å²) < 4.78 is 27.7. The zero-order valence-corrected chi connectivity index (χ0v) is 17.1. The fourth-order valence-corrected chi connectivity index (χ4v) is 3.98. The predicted octanol–water partition coefficient (Wildman–Crippen LogP) is 5.35. The Morgan fingerprint density at radius 2 is 1.61 bits per heavy atom. The minimum absolute atomic E-state index is 0.0580. The van der Waals surface area contributed by atoms with Gasteiger partial charge in [0.15, 0.2) is 0 Å². The Labute approximate surface area is 173 Å². The van der Waals surface area contributed by atoms with Crippen LogP contribution in [0.2, 0.25) is 10.0 Å². The molecule has 0 heterocycles. The molecule has 28 heavy (non-hydrogen) atoms. The highest BCUT2D eigenvalue weighted by Crippen LogP contribution is 2.24. The largest absolute Gasteiger partial charge is 0.322 e. The SMILES string of the molecule is Cc1ccc(Cl)cc1NS(=O)(=O)c1ccc(NC(=O)c2ccccc2Cl)cc1. The lowest BCUT2D eigenvalue weighted by Crippen LogP contribution is -2.15. The smallest absolute Gasteiger partial charge is 0.261 e. The summed E-state index contributed by atoms with van der Waals surface area (Å²) in [5.74, 6) is -0.381. The Bertz CT molecular complexity index is 1130. The van der Waals surface area contributed by atoms with Crippen molar-refractivity contribution in [1.29, 1.82) is 0 Å². The quantitative estimate of drug-likeness (QED) is 0.567. The predicted molar refractivity (Wildman–Crippen MR) is 113 cm³/mol. The molecule has 0 aliphatic heterocycles. The number of aryl methyl sites for hydroxylation is 1. The number of benzene rings is 3. The Morgan fingerprint density at radius 3 is 2.29 bits per heavy atom. The molecule has 144 valence electrons. The van der Waals surface area contributed by atoms with Gasteiger partial charge < -0.3 is 5.32 Å². The fraction of sp³-hybridized carbons (Fsp3) is 0.0500. The zero-order chi connectivity index (χ0) is 20.3. The van der Waals surface area contributed by atoms with Crippen LogP contribution in [0.15, 0.2) is 71.6 Å². The summed E-state index contributed by atoms with van der Waals surface area (Å²) in [5.41, 5.74) is 1.93. The number of hydrogen-bond acceptors (Lipinski definition) is 3. The van der Waals surface area contributed by atoms with Gasteiger partial charge in [0.2, 0.25) is 0 Å².